The lowest BCUT2D eigenvalue weighted by Gasteiger charge is -2.18. The number of benzene rings is 2. The van der Waals surface area contributed by atoms with Crippen LogP contribution in [0.15, 0.2) is 52.4 Å². The zero-order chi connectivity index (χ0) is 23.4. The molecule has 4 nitrogen and oxygen atoms in total. The lowest BCUT2D eigenvalue weighted by Crippen LogP contribution is -2.22. The Hall–Kier alpha value is -2.19. The van der Waals surface area contributed by atoms with Gasteiger partial charge in [0.2, 0.25) is 0 Å². The monoisotopic (exact) mass is 523 g/mol. The van der Waals surface area contributed by atoms with E-state index in [1.165, 1.54) is 15.1 Å². The zero-order valence-electron chi connectivity index (χ0n) is 18.8. The second-order valence-electron chi connectivity index (χ2n) is 8.86. The molecule has 172 valence electrons. The van der Waals surface area contributed by atoms with Gasteiger partial charge < -0.3 is 0 Å². The van der Waals surface area contributed by atoms with Gasteiger partial charge in [0.05, 0.1) is 27.0 Å². The van der Waals surface area contributed by atoms with Crippen LogP contribution in [0.5, 0.6) is 0 Å². The van der Waals surface area contributed by atoms with Crippen molar-refractivity contribution in [2.24, 2.45) is 5.92 Å². The Morgan fingerprint density at radius 2 is 2.03 bits per heavy atom. The van der Waals surface area contributed by atoms with Crippen LogP contribution >= 0.6 is 46.0 Å². The first-order valence-electron chi connectivity index (χ1n) is 11.3. The standard InChI is InChI=1S/C26H22ClN3OS3/c1-14-7-10-17-21(11-14)34-24-23(17)25(31)30(16-9-8-15(2)18(27)12-16)26(29-24)32-13-22-28-19-5-3-4-6-20(19)33-22/h3-6,8-9,12,14H,7,10-11,13H2,1-2H3/t14-/m1/s1. The van der Waals surface area contributed by atoms with Gasteiger partial charge in [-0.15, -0.1) is 22.7 Å². The van der Waals surface area contributed by atoms with E-state index < -0.39 is 0 Å². The Kier molecular flexibility index (Phi) is 5.76. The van der Waals surface area contributed by atoms with Gasteiger partial charge >= 0.3 is 0 Å². The van der Waals surface area contributed by atoms with Crippen molar-refractivity contribution in [3.8, 4) is 5.69 Å². The molecule has 0 saturated carbocycles. The number of aryl methyl sites for hydroxylation is 2. The largest absolute Gasteiger partial charge is 0.268 e. The molecule has 0 bridgehead atoms. The molecule has 1 aliphatic carbocycles. The molecule has 0 aliphatic heterocycles. The number of halogens is 1. The van der Waals surface area contributed by atoms with E-state index in [0.29, 0.717) is 21.8 Å². The van der Waals surface area contributed by atoms with Crippen molar-refractivity contribution in [1.29, 1.82) is 0 Å². The molecule has 3 heterocycles. The number of rotatable bonds is 4. The number of aromatic nitrogens is 3. The molecule has 2 aromatic carbocycles. The van der Waals surface area contributed by atoms with Crippen LogP contribution in [0, 0.1) is 12.8 Å². The number of thioether (sulfide) groups is 1. The van der Waals surface area contributed by atoms with Crippen LogP contribution in [0.25, 0.3) is 26.1 Å². The third kappa shape index (κ3) is 3.88. The van der Waals surface area contributed by atoms with E-state index in [-0.39, 0.29) is 5.56 Å². The molecule has 5 aromatic rings. The molecule has 0 N–H and O–H groups in total. The van der Waals surface area contributed by atoms with Crippen molar-refractivity contribution in [3.05, 3.63) is 78.9 Å². The molecular formula is C26H22ClN3OS3. The molecule has 8 heteroatoms. The molecule has 0 radical (unpaired) electrons. The summed E-state index contributed by atoms with van der Waals surface area (Å²) < 4.78 is 2.92. The maximum Gasteiger partial charge on any atom is 0.267 e. The Labute approximate surface area is 214 Å². The van der Waals surface area contributed by atoms with Crippen LogP contribution in [-0.4, -0.2) is 14.5 Å². The highest BCUT2D eigenvalue weighted by Crippen LogP contribution is 2.38. The summed E-state index contributed by atoms with van der Waals surface area (Å²) >= 11 is 11.4. The highest BCUT2D eigenvalue weighted by molar-refractivity contribution is 7.98. The van der Waals surface area contributed by atoms with Crippen LogP contribution in [0.1, 0.15) is 34.4 Å². The normalized spacial score (nSPS) is 15.8. The first-order valence-corrected chi connectivity index (χ1v) is 14.3. The molecule has 1 atom stereocenters. The molecule has 0 saturated heterocycles. The molecule has 0 amide bonds. The van der Waals surface area contributed by atoms with Crippen LogP contribution < -0.4 is 5.56 Å². The highest BCUT2D eigenvalue weighted by Gasteiger charge is 2.25. The van der Waals surface area contributed by atoms with E-state index >= 15 is 0 Å². The minimum absolute atomic E-state index is 0.00349. The molecule has 1 aliphatic rings. The maximum absolute atomic E-state index is 14.0. The summed E-state index contributed by atoms with van der Waals surface area (Å²) in [6.07, 6.45) is 3.09. The van der Waals surface area contributed by atoms with E-state index in [4.69, 9.17) is 21.6 Å². The predicted molar refractivity (Wildman–Crippen MR) is 145 cm³/mol. The van der Waals surface area contributed by atoms with Crippen LogP contribution in [0.3, 0.4) is 0 Å². The predicted octanol–water partition coefficient (Wildman–Crippen LogP) is 7.44. The van der Waals surface area contributed by atoms with Gasteiger partial charge in [0, 0.05) is 9.90 Å². The number of thiophene rings is 1. The van der Waals surface area contributed by atoms with Gasteiger partial charge in [-0.05, 0) is 67.5 Å². The fourth-order valence-electron chi connectivity index (χ4n) is 4.52. The van der Waals surface area contributed by atoms with Gasteiger partial charge in [0.1, 0.15) is 9.84 Å². The minimum atomic E-state index is 0.00349. The second kappa shape index (κ2) is 8.79. The zero-order valence-corrected chi connectivity index (χ0v) is 22.0. The third-order valence-electron chi connectivity index (χ3n) is 6.38. The lowest BCUT2D eigenvalue weighted by molar-refractivity contribution is 0.509. The summed E-state index contributed by atoms with van der Waals surface area (Å²) in [7, 11) is 0. The van der Waals surface area contributed by atoms with E-state index in [1.54, 1.807) is 39.0 Å². The number of para-hydroxylation sites is 1. The summed E-state index contributed by atoms with van der Waals surface area (Å²) in [5.74, 6) is 1.30. The summed E-state index contributed by atoms with van der Waals surface area (Å²) in [6, 6.07) is 13.9. The van der Waals surface area contributed by atoms with Gasteiger partial charge in [0.25, 0.3) is 5.56 Å². The third-order valence-corrected chi connectivity index (χ3v) is 10.1. The first-order chi connectivity index (χ1) is 16.5. The Bertz CT molecular complexity index is 1580. The number of thiazole rings is 1. The smallest absolute Gasteiger partial charge is 0.267 e. The summed E-state index contributed by atoms with van der Waals surface area (Å²) in [4.78, 5) is 26.0. The lowest BCUT2D eigenvalue weighted by atomic mass is 9.89. The van der Waals surface area contributed by atoms with Gasteiger partial charge in [-0.1, -0.05) is 48.5 Å². The van der Waals surface area contributed by atoms with Crippen LogP contribution in [0.2, 0.25) is 5.02 Å². The van der Waals surface area contributed by atoms with Gasteiger partial charge in [-0.25, -0.2) is 9.97 Å². The van der Waals surface area contributed by atoms with Gasteiger partial charge in [0.15, 0.2) is 5.16 Å². The van der Waals surface area contributed by atoms with Crippen molar-refractivity contribution in [1.82, 2.24) is 14.5 Å². The van der Waals surface area contributed by atoms with E-state index in [0.717, 1.165) is 51.3 Å². The van der Waals surface area contributed by atoms with E-state index in [1.807, 2.05) is 43.3 Å². The average molecular weight is 524 g/mol. The molecule has 0 spiro atoms. The maximum atomic E-state index is 14.0. The van der Waals surface area contributed by atoms with E-state index in [9.17, 15) is 4.79 Å². The number of nitrogens with zero attached hydrogens (tertiary/aromatic N) is 3. The molecule has 0 unspecified atom stereocenters. The molecule has 3 aromatic heterocycles. The average Bonchev–Trinajstić information content (AvgIpc) is 3.40. The number of hydrogen-bond acceptors (Lipinski definition) is 6. The highest BCUT2D eigenvalue weighted by atomic mass is 35.5. The number of hydrogen-bond donors (Lipinski definition) is 0. The SMILES string of the molecule is Cc1ccc(-n2c(SCc3nc4ccccc4s3)nc3sc4c(c3c2=O)CC[C@@H](C)C4)cc1Cl. The quantitative estimate of drug-likeness (QED) is 0.181. The second-order valence-corrected chi connectivity index (χ2v) is 12.4. The summed E-state index contributed by atoms with van der Waals surface area (Å²) in [5, 5.41) is 3.14. The number of fused-ring (bicyclic) bond motifs is 4. The van der Waals surface area contributed by atoms with Crippen molar-refractivity contribution in [2.45, 2.75) is 44.0 Å². The topological polar surface area (TPSA) is 47.8 Å². The van der Waals surface area contributed by atoms with Crippen molar-refractivity contribution in [3.63, 3.8) is 0 Å². The summed E-state index contributed by atoms with van der Waals surface area (Å²) in [6.45, 7) is 4.25. The summed E-state index contributed by atoms with van der Waals surface area (Å²) in [5.41, 5.74) is 3.95. The molecular weight excluding hydrogens is 502 g/mol. The van der Waals surface area contributed by atoms with Crippen LogP contribution in [0.4, 0.5) is 0 Å². The Balaban J connectivity index is 1.49. The van der Waals surface area contributed by atoms with Crippen molar-refractivity contribution in [2.75, 3.05) is 0 Å². The molecule has 0 fully saturated rings. The van der Waals surface area contributed by atoms with E-state index in [2.05, 4.69) is 13.0 Å². The fourth-order valence-corrected chi connectivity index (χ4v) is 8.10. The molecule has 34 heavy (non-hydrogen) atoms. The molecule has 6 rings (SSSR count). The fraction of sp³-hybridized carbons (Fsp3) is 0.269. The Morgan fingerprint density at radius 1 is 1.18 bits per heavy atom. The first kappa shape index (κ1) is 22.3. The van der Waals surface area contributed by atoms with Gasteiger partial charge in [-0.3, -0.25) is 9.36 Å². The van der Waals surface area contributed by atoms with Crippen molar-refractivity contribution < 1.29 is 0 Å². The minimum Gasteiger partial charge on any atom is -0.268 e. The Morgan fingerprint density at radius 3 is 2.85 bits per heavy atom. The van der Waals surface area contributed by atoms with Crippen molar-refractivity contribution >= 4 is 66.5 Å². The van der Waals surface area contributed by atoms with Crippen LogP contribution in [-0.2, 0) is 18.6 Å². The van der Waals surface area contributed by atoms with Gasteiger partial charge in [-0.2, -0.15) is 0 Å².